The van der Waals surface area contributed by atoms with Crippen molar-refractivity contribution in [3.63, 3.8) is 0 Å². The van der Waals surface area contributed by atoms with E-state index in [1.165, 1.54) is 225 Å². The molecule has 0 aliphatic rings. The van der Waals surface area contributed by atoms with Gasteiger partial charge in [0.1, 0.15) is 19.3 Å². The summed E-state index contributed by atoms with van der Waals surface area (Å²) in [4.78, 5) is 73.0. The molecule has 0 aromatic rings. The molecule has 19 heteroatoms. The Kier molecular flexibility index (Phi) is 69.0. The smallest absolute Gasteiger partial charge is 0.462 e. The van der Waals surface area contributed by atoms with E-state index in [9.17, 15) is 43.2 Å². The highest BCUT2D eigenvalue weighted by atomic mass is 31.2. The number of rotatable bonds is 78. The van der Waals surface area contributed by atoms with E-state index in [4.69, 9.17) is 37.0 Å². The molecule has 6 atom stereocenters. The molecule has 0 rings (SSSR count). The molecule has 0 saturated heterocycles. The second-order valence-electron chi connectivity index (χ2n) is 30.0. The Labute approximate surface area is 607 Å². The van der Waals surface area contributed by atoms with Crippen LogP contribution in [0.5, 0.6) is 0 Å². The van der Waals surface area contributed by atoms with Crippen LogP contribution in [0.1, 0.15) is 414 Å². The number of aliphatic hydroxyl groups excluding tert-OH is 1. The summed E-state index contributed by atoms with van der Waals surface area (Å²) in [6.45, 7) is 12.0. The van der Waals surface area contributed by atoms with Gasteiger partial charge in [0.2, 0.25) is 0 Å². The maximum Gasteiger partial charge on any atom is 0.472 e. The van der Waals surface area contributed by atoms with Crippen LogP contribution in [0.3, 0.4) is 0 Å². The minimum absolute atomic E-state index is 0.106. The summed E-state index contributed by atoms with van der Waals surface area (Å²) in [7, 11) is -9.92. The second-order valence-corrected chi connectivity index (χ2v) is 32.9. The standard InChI is InChI=1S/C80H156O17P2/c1-8-10-11-12-13-14-15-25-33-40-47-54-61-77(82)90-68-76(97-80(85)64-57-50-43-36-29-28-31-38-45-52-59-72(5)6)70-95-99(88,89)93-66-74(81)65-92-98(86,87)94-69-75(67-91-78(83)62-55-48-41-34-26-22-18-19-23-30-37-44-51-58-71(3)4)96-79(84)63-56-49-42-35-27-21-17-16-20-24-32-39-46-53-60-73(7)9-2/h71-76,81H,8-70H2,1-7H3,(H,86,87)(H,88,89)/t73?,74-,75-,76-/m1/s1. The number of hydrogen-bond donors (Lipinski definition) is 3. The van der Waals surface area contributed by atoms with Crippen molar-refractivity contribution in [2.24, 2.45) is 17.8 Å². The van der Waals surface area contributed by atoms with Crippen LogP contribution >= 0.6 is 15.6 Å². The molecular weight excluding hydrogens is 1290 g/mol. The lowest BCUT2D eigenvalue weighted by molar-refractivity contribution is -0.161. The predicted octanol–water partition coefficient (Wildman–Crippen LogP) is 23.7. The summed E-state index contributed by atoms with van der Waals surface area (Å²) in [5.74, 6) is 0.278. The lowest BCUT2D eigenvalue weighted by Crippen LogP contribution is -2.30. The third-order valence-corrected chi connectivity index (χ3v) is 20.9. The third kappa shape index (κ3) is 72.8. The average Bonchev–Trinajstić information content (AvgIpc) is 1.03. The molecule has 3 N–H and O–H groups in total. The van der Waals surface area contributed by atoms with E-state index in [-0.39, 0.29) is 25.7 Å². The Hall–Kier alpha value is -1.94. The third-order valence-electron chi connectivity index (χ3n) is 19.0. The van der Waals surface area contributed by atoms with Crippen molar-refractivity contribution < 1.29 is 80.2 Å². The molecule has 0 fully saturated rings. The molecule has 0 heterocycles. The molecule has 3 unspecified atom stereocenters. The number of phosphoric ester groups is 2. The van der Waals surface area contributed by atoms with E-state index in [0.717, 1.165) is 108 Å². The lowest BCUT2D eigenvalue weighted by Gasteiger charge is -2.21. The fourth-order valence-corrected chi connectivity index (χ4v) is 13.9. The highest BCUT2D eigenvalue weighted by Crippen LogP contribution is 2.45. The van der Waals surface area contributed by atoms with Crippen LogP contribution in [-0.2, 0) is 65.4 Å². The summed E-state index contributed by atoms with van der Waals surface area (Å²) in [5, 5.41) is 10.6. The predicted molar refractivity (Wildman–Crippen MR) is 405 cm³/mol. The van der Waals surface area contributed by atoms with E-state index >= 15 is 0 Å². The minimum Gasteiger partial charge on any atom is -0.462 e. The van der Waals surface area contributed by atoms with Gasteiger partial charge in [-0.3, -0.25) is 37.3 Å². The number of esters is 4. The van der Waals surface area contributed by atoms with Crippen molar-refractivity contribution in [2.45, 2.75) is 433 Å². The number of phosphoric acid groups is 2. The Balaban J connectivity index is 5.26. The molecule has 0 amide bonds. The maximum absolute atomic E-state index is 13.1. The molecule has 588 valence electrons. The normalized spacial score (nSPS) is 14.3. The Morgan fingerprint density at radius 2 is 0.515 bits per heavy atom. The van der Waals surface area contributed by atoms with E-state index in [0.29, 0.717) is 25.7 Å². The van der Waals surface area contributed by atoms with Crippen molar-refractivity contribution in [1.82, 2.24) is 0 Å². The van der Waals surface area contributed by atoms with E-state index < -0.39 is 97.5 Å². The van der Waals surface area contributed by atoms with Gasteiger partial charge in [0.05, 0.1) is 26.4 Å². The van der Waals surface area contributed by atoms with Crippen molar-refractivity contribution in [3.8, 4) is 0 Å². The second kappa shape index (κ2) is 70.4. The molecule has 0 aromatic carbocycles. The van der Waals surface area contributed by atoms with Crippen LogP contribution < -0.4 is 0 Å². The van der Waals surface area contributed by atoms with Crippen molar-refractivity contribution >= 4 is 39.5 Å². The molecule has 0 saturated carbocycles. The van der Waals surface area contributed by atoms with Gasteiger partial charge >= 0.3 is 39.5 Å². The van der Waals surface area contributed by atoms with Crippen LogP contribution in [-0.4, -0.2) is 96.7 Å². The zero-order valence-electron chi connectivity index (χ0n) is 65.0. The first-order valence-corrected chi connectivity index (χ1v) is 44.4. The highest BCUT2D eigenvalue weighted by Gasteiger charge is 2.30. The largest absolute Gasteiger partial charge is 0.472 e. The quantitative estimate of drug-likeness (QED) is 0.0222. The number of carbonyl (C=O) groups is 4. The molecule has 0 bridgehead atoms. The summed E-state index contributed by atoms with van der Waals surface area (Å²) >= 11 is 0. The number of aliphatic hydroxyl groups is 1. The number of unbranched alkanes of at least 4 members (excludes halogenated alkanes) is 45. The van der Waals surface area contributed by atoms with E-state index in [1.54, 1.807) is 0 Å². The minimum atomic E-state index is -4.96. The van der Waals surface area contributed by atoms with E-state index in [2.05, 4.69) is 48.5 Å². The molecular formula is C80H156O17P2. The first-order chi connectivity index (χ1) is 47.8. The fourth-order valence-electron chi connectivity index (χ4n) is 12.3. The fraction of sp³-hybridized carbons (Fsp3) is 0.950. The summed E-state index contributed by atoms with van der Waals surface area (Å²) in [6, 6.07) is 0. The van der Waals surface area contributed by atoms with Gasteiger partial charge < -0.3 is 33.8 Å². The van der Waals surface area contributed by atoms with Crippen LogP contribution in [0, 0.1) is 17.8 Å². The number of ether oxygens (including phenoxy) is 4. The zero-order chi connectivity index (χ0) is 73.0. The maximum atomic E-state index is 13.1. The summed E-state index contributed by atoms with van der Waals surface area (Å²) in [5.41, 5.74) is 0. The van der Waals surface area contributed by atoms with Gasteiger partial charge in [-0.1, -0.05) is 363 Å². The van der Waals surface area contributed by atoms with Crippen molar-refractivity contribution in [1.29, 1.82) is 0 Å². The molecule has 0 aliphatic carbocycles. The number of carbonyl (C=O) groups excluding carboxylic acids is 4. The first kappa shape index (κ1) is 97.1. The van der Waals surface area contributed by atoms with Crippen molar-refractivity contribution in [3.05, 3.63) is 0 Å². The molecule has 17 nitrogen and oxygen atoms in total. The van der Waals surface area contributed by atoms with Gasteiger partial charge in [-0.15, -0.1) is 0 Å². The van der Waals surface area contributed by atoms with Crippen LogP contribution in [0.15, 0.2) is 0 Å². The van der Waals surface area contributed by atoms with Gasteiger partial charge in [-0.2, -0.15) is 0 Å². The Morgan fingerprint density at radius 1 is 0.293 bits per heavy atom. The highest BCUT2D eigenvalue weighted by molar-refractivity contribution is 7.47. The van der Waals surface area contributed by atoms with Gasteiger partial charge in [-0.25, -0.2) is 9.13 Å². The van der Waals surface area contributed by atoms with E-state index in [1.807, 2.05) is 0 Å². The van der Waals surface area contributed by atoms with Crippen molar-refractivity contribution in [2.75, 3.05) is 39.6 Å². The lowest BCUT2D eigenvalue weighted by atomic mass is 9.99. The van der Waals surface area contributed by atoms with Crippen LogP contribution in [0.4, 0.5) is 0 Å². The molecule has 0 aromatic heterocycles. The summed E-state index contributed by atoms with van der Waals surface area (Å²) < 4.78 is 68.7. The monoisotopic (exact) mass is 1450 g/mol. The Morgan fingerprint density at radius 3 is 0.768 bits per heavy atom. The molecule has 0 aliphatic heterocycles. The van der Waals surface area contributed by atoms with Gasteiger partial charge in [0.25, 0.3) is 0 Å². The molecule has 0 spiro atoms. The van der Waals surface area contributed by atoms with Crippen LogP contribution in [0.2, 0.25) is 0 Å². The topological polar surface area (TPSA) is 237 Å². The van der Waals surface area contributed by atoms with Gasteiger partial charge in [0.15, 0.2) is 12.2 Å². The average molecular weight is 1450 g/mol. The van der Waals surface area contributed by atoms with Gasteiger partial charge in [0, 0.05) is 25.7 Å². The molecule has 99 heavy (non-hydrogen) atoms. The molecule has 0 radical (unpaired) electrons. The SMILES string of the molecule is CCCCCCCCCCCCCCC(=O)OC[C@H](COP(=O)(O)OC[C@H](O)COP(=O)(O)OC[C@@H](COC(=O)CCCCCCCCCCCCCCCC(C)C)OC(=O)CCCCCCCCCCCCCCCCC(C)CC)OC(=O)CCCCCCCCCCCCC(C)C. The number of hydrogen-bond acceptors (Lipinski definition) is 15. The Bertz CT molecular complexity index is 1920. The summed E-state index contributed by atoms with van der Waals surface area (Å²) in [6.07, 6.45) is 58.1. The van der Waals surface area contributed by atoms with Crippen LogP contribution in [0.25, 0.3) is 0 Å². The van der Waals surface area contributed by atoms with Gasteiger partial charge in [-0.05, 0) is 43.4 Å². The zero-order valence-corrected chi connectivity index (χ0v) is 66.8. The first-order valence-electron chi connectivity index (χ1n) is 41.4.